The maximum Gasteiger partial charge on any atom is 0.410 e. The van der Waals surface area contributed by atoms with Crippen molar-refractivity contribution in [3.05, 3.63) is 35.8 Å². The Kier molecular flexibility index (Phi) is 9.49. The van der Waals surface area contributed by atoms with E-state index in [0.29, 0.717) is 25.9 Å². The van der Waals surface area contributed by atoms with Crippen molar-refractivity contribution < 1.29 is 47.2 Å². The zero-order valence-corrected chi connectivity index (χ0v) is 25.0. The summed E-state index contributed by atoms with van der Waals surface area (Å²) in [6.07, 6.45) is -0.893. The second-order valence-corrected chi connectivity index (χ2v) is 12.4. The van der Waals surface area contributed by atoms with E-state index in [1.54, 1.807) is 4.90 Å². The van der Waals surface area contributed by atoms with E-state index in [0.717, 1.165) is 30.7 Å². The van der Waals surface area contributed by atoms with Gasteiger partial charge in [-0.2, -0.15) is 0 Å². The molecule has 2 fully saturated rings. The first-order valence-corrected chi connectivity index (χ1v) is 14.6. The normalized spacial score (nSPS) is 28.1. The Labute approximate surface area is 252 Å². The number of aliphatic hydroxyl groups is 2. The zero-order valence-electron chi connectivity index (χ0n) is 25.0. The minimum Gasteiger partial charge on any atom is -0.444 e. The minimum absolute atomic E-state index is 0.0815. The third-order valence-electron chi connectivity index (χ3n) is 8.23. The maximum absolute atomic E-state index is 14.4. The molecule has 3 aliphatic heterocycles. The van der Waals surface area contributed by atoms with Gasteiger partial charge >= 0.3 is 6.09 Å². The van der Waals surface area contributed by atoms with Crippen LogP contribution >= 0.6 is 0 Å². The van der Waals surface area contributed by atoms with Crippen LogP contribution in [0.4, 0.5) is 18.0 Å². The van der Waals surface area contributed by atoms with Gasteiger partial charge in [-0.3, -0.25) is 0 Å². The van der Waals surface area contributed by atoms with Gasteiger partial charge in [-0.25, -0.2) is 22.6 Å². The van der Waals surface area contributed by atoms with Crippen molar-refractivity contribution in [3.63, 3.8) is 0 Å². The number of amides is 1. The third-order valence-corrected chi connectivity index (χ3v) is 8.23. The van der Waals surface area contributed by atoms with Gasteiger partial charge in [-0.1, -0.05) is 10.4 Å². The molecule has 5 rings (SSSR count). The van der Waals surface area contributed by atoms with Gasteiger partial charge in [0.05, 0.1) is 24.6 Å². The molecule has 44 heavy (non-hydrogen) atoms. The lowest BCUT2D eigenvalue weighted by Crippen LogP contribution is -2.57. The van der Waals surface area contributed by atoms with Gasteiger partial charge in [0.15, 0.2) is 17.5 Å². The Hall–Kier alpha value is -3.27. The summed E-state index contributed by atoms with van der Waals surface area (Å²) in [5.74, 6) is -4.23. The lowest BCUT2D eigenvalue weighted by molar-refractivity contribution is -0.219. The Bertz CT molecular complexity index is 1360. The molecule has 1 unspecified atom stereocenters. The average molecular weight is 626 g/mol. The molecule has 15 heteroatoms. The molecule has 0 aliphatic carbocycles. The van der Waals surface area contributed by atoms with Crippen molar-refractivity contribution in [2.75, 3.05) is 26.8 Å². The van der Waals surface area contributed by atoms with E-state index in [2.05, 4.69) is 15.5 Å². The number of ether oxygens (including phenoxy) is 3. The molecule has 3 aliphatic rings. The van der Waals surface area contributed by atoms with Crippen LogP contribution in [0.3, 0.4) is 0 Å². The highest BCUT2D eigenvalue weighted by molar-refractivity contribution is 5.88. The number of carbonyl (C=O) groups is 1. The molecular weight excluding hydrogens is 587 g/mol. The van der Waals surface area contributed by atoms with E-state index in [1.165, 1.54) is 18.0 Å². The molecule has 2 aromatic rings. The highest BCUT2D eigenvalue weighted by Gasteiger charge is 2.48. The number of likely N-dealkylation sites (tertiary alicyclic amines) is 1. The Balaban J connectivity index is 1.24. The fourth-order valence-electron chi connectivity index (χ4n) is 6.02. The van der Waals surface area contributed by atoms with E-state index in [4.69, 9.17) is 19.0 Å². The smallest absolute Gasteiger partial charge is 0.410 e. The fraction of sp³-hybridized carbons (Fsp3) is 0.655. The fourth-order valence-corrected chi connectivity index (χ4v) is 6.02. The summed E-state index contributed by atoms with van der Waals surface area (Å²) in [6.45, 7) is 6.09. The number of oxime groups is 1. The third kappa shape index (κ3) is 6.70. The lowest BCUT2D eigenvalue weighted by atomic mass is 9.86. The Morgan fingerprint density at radius 2 is 1.86 bits per heavy atom. The number of rotatable bonds is 7. The topological polar surface area (TPSA) is 141 Å². The monoisotopic (exact) mass is 625 g/mol. The number of aromatic nitrogens is 3. The van der Waals surface area contributed by atoms with Crippen LogP contribution in [0, 0.1) is 23.4 Å². The van der Waals surface area contributed by atoms with Gasteiger partial charge < -0.3 is 34.2 Å². The molecular formula is C29H38F3N5O7. The number of benzene rings is 1. The molecule has 242 valence electrons. The van der Waals surface area contributed by atoms with Gasteiger partial charge in [-0.05, 0) is 45.7 Å². The quantitative estimate of drug-likeness (QED) is 0.444. The Morgan fingerprint density at radius 1 is 1.14 bits per heavy atom. The van der Waals surface area contributed by atoms with E-state index in [-0.39, 0.29) is 29.4 Å². The summed E-state index contributed by atoms with van der Waals surface area (Å²) in [5, 5.41) is 33.3. The number of piperidine rings is 1. The first-order chi connectivity index (χ1) is 20.9. The molecule has 0 spiro atoms. The summed E-state index contributed by atoms with van der Waals surface area (Å²) in [6, 6.07) is 0.907. The van der Waals surface area contributed by atoms with E-state index >= 15 is 0 Å². The number of halogens is 3. The van der Waals surface area contributed by atoms with Gasteiger partial charge in [0, 0.05) is 44.5 Å². The highest BCUT2D eigenvalue weighted by atomic mass is 19.2. The first kappa shape index (κ1) is 32.1. The van der Waals surface area contributed by atoms with Crippen LogP contribution in [0.25, 0.3) is 11.3 Å². The lowest BCUT2D eigenvalue weighted by Gasteiger charge is -2.44. The second kappa shape index (κ2) is 13.0. The van der Waals surface area contributed by atoms with Crippen molar-refractivity contribution >= 4 is 11.8 Å². The molecule has 2 saturated heterocycles. The van der Waals surface area contributed by atoms with Crippen LogP contribution < -0.4 is 0 Å². The van der Waals surface area contributed by atoms with Crippen LogP contribution in [0.2, 0.25) is 0 Å². The number of nitrogens with zero attached hydrogens (tertiary/aromatic N) is 5. The molecule has 1 aromatic heterocycles. The molecule has 2 N–H and O–H groups in total. The SMILES string of the molecule is CO[C@@H]1[C@@H](n2cc(-c3ccc(F)c(F)c3F)nn2)[C@@H](O)[C@@H](CO)O[C@@H]1CC1CC(C2CCN(C(=O)OC(C)(C)C)CC2)=NO1. The number of methoxy groups -OCH3 is 1. The maximum atomic E-state index is 14.4. The first-order valence-electron chi connectivity index (χ1n) is 14.6. The Morgan fingerprint density at radius 3 is 2.52 bits per heavy atom. The summed E-state index contributed by atoms with van der Waals surface area (Å²) < 4.78 is 60.3. The standard InChI is InChI=1S/C29H38F3N5O7/c1-29(2,3)43-28(40)36-9-7-15(8-10-36)19-11-16(44-34-19)12-21-27(41-4)25(26(39)22(14-38)42-21)37-13-20(33-35-37)17-5-6-18(30)24(32)23(17)31/h5-6,13,15-16,21-22,25-27,38-39H,7-12,14H2,1-4H3/t16?,21-,22-,25+,26+,27+/m1/s1. The zero-order chi connectivity index (χ0) is 31.8. The molecule has 6 atom stereocenters. The minimum atomic E-state index is -1.63. The van der Waals surface area contributed by atoms with Crippen LogP contribution in [0.15, 0.2) is 23.5 Å². The number of hydrogen-bond acceptors (Lipinski definition) is 10. The highest BCUT2D eigenvalue weighted by Crippen LogP contribution is 2.37. The van der Waals surface area contributed by atoms with Crippen LogP contribution in [0.1, 0.15) is 52.5 Å². The van der Waals surface area contributed by atoms with Crippen molar-refractivity contribution in [2.45, 2.75) is 88.6 Å². The number of carbonyl (C=O) groups excluding carboxylic acids is 1. The molecule has 1 aromatic carbocycles. The predicted molar refractivity (Wildman–Crippen MR) is 149 cm³/mol. The van der Waals surface area contributed by atoms with Crippen LogP contribution in [-0.4, -0.2) is 105 Å². The van der Waals surface area contributed by atoms with E-state index in [9.17, 15) is 28.2 Å². The summed E-state index contributed by atoms with van der Waals surface area (Å²) in [7, 11) is 1.43. The van der Waals surface area contributed by atoms with E-state index < -0.39 is 60.1 Å². The largest absolute Gasteiger partial charge is 0.444 e. The van der Waals surface area contributed by atoms with Gasteiger partial charge in [0.25, 0.3) is 0 Å². The van der Waals surface area contributed by atoms with E-state index in [1.807, 2.05) is 20.8 Å². The van der Waals surface area contributed by atoms with Crippen molar-refractivity contribution in [3.8, 4) is 11.3 Å². The molecule has 4 heterocycles. The van der Waals surface area contributed by atoms with Gasteiger partial charge in [0.2, 0.25) is 0 Å². The summed E-state index contributed by atoms with van der Waals surface area (Å²) in [4.78, 5) is 19.9. The van der Waals surface area contributed by atoms with Crippen molar-refractivity contribution in [1.82, 2.24) is 19.9 Å². The molecule has 1 amide bonds. The summed E-state index contributed by atoms with van der Waals surface area (Å²) in [5.41, 5.74) is -0.0522. The van der Waals surface area contributed by atoms with Crippen LogP contribution in [0.5, 0.6) is 0 Å². The molecule has 0 radical (unpaired) electrons. The van der Waals surface area contributed by atoms with Gasteiger partial charge in [0.1, 0.15) is 41.8 Å². The van der Waals surface area contributed by atoms with Gasteiger partial charge in [-0.15, -0.1) is 5.10 Å². The molecule has 0 saturated carbocycles. The van der Waals surface area contributed by atoms with Crippen LogP contribution in [-0.2, 0) is 19.0 Å². The number of aliphatic hydroxyl groups excluding tert-OH is 2. The number of hydrogen-bond donors (Lipinski definition) is 2. The second-order valence-electron chi connectivity index (χ2n) is 12.4. The average Bonchev–Trinajstić information content (AvgIpc) is 3.66. The predicted octanol–water partition coefficient (Wildman–Crippen LogP) is 3.22. The molecule has 0 bridgehead atoms. The summed E-state index contributed by atoms with van der Waals surface area (Å²) >= 11 is 0. The van der Waals surface area contributed by atoms with Crippen molar-refractivity contribution in [2.24, 2.45) is 11.1 Å². The van der Waals surface area contributed by atoms with Crippen molar-refractivity contribution in [1.29, 1.82) is 0 Å². The molecule has 12 nitrogen and oxygen atoms in total.